The molecule has 0 aromatic heterocycles. The molecule has 0 saturated heterocycles. The van der Waals surface area contributed by atoms with Crippen LogP contribution >= 0.6 is 0 Å². The first-order chi connectivity index (χ1) is 10.0. The van der Waals surface area contributed by atoms with E-state index in [0.29, 0.717) is 30.6 Å². The molecule has 1 aliphatic rings. The highest BCUT2D eigenvalue weighted by atomic mass is 16.5. The summed E-state index contributed by atoms with van der Waals surface area (Å²) in [6, 6.07) is 1.67. The van der Waals surface area contributed by atoms with E-state index in [1.165, 1.54) is 14.2 Å². The van der Waals surface area contributed by atoms with Gasteiger partial charge in [0.2, 0.25) is 5.75 Å². The highest BCUT2D eigenvalue weighted by Gasteiger charge is 2.33. The Labute approximate surface area is 123 Å². The SMILES string of the molecule is CCC(O)CC1Cc2cc(OC)c(OC)c(O)c2C(=O)O1. The Kier molecular flexibility index (Phi) is 4.57. The molecular formula is C15H20O6. The fourth-order valence-electron chi connectivity index (χ4n) is 2.51. The monoisotopic (exact) mass is 296 g/mol. The average molecular weight is 296 g/mol. The zero-order valence-corrected chi connectivity index (χ0v) is 12.4. The second-order valence-electron chi connectivity index (χ2n) is 5.02. The van der Waals surface area contributed by atoms with Gasteiger partial charge in [0.1, 0.15) is 11.7 Å². The maximum atomic E-state index is 12.1. The Bertz CT molecular complexity index is 539. The van der Waals surface area contributed by atoms with E-state index in [0.717, 1.165) is 0 Å². The first kappa shape index (κ1) is 15.4. The molecule has 21 heavy (non-hydrogen) atoms. The molecule has 1 heterocycles. The first-order valence-corrected chi connectivity index (χ1v) is 6.87. The van der Waals surface area contributed by atoms with Crippen molar-refractivity contribution < 1.29 is 29.2 Å². The Morgan fingerprint density at radius 3 is 2.71 bits per heavy atom. The number of carbonyl (C=O) groups is 1. The number of aliphatic hydroxyl groups excluding tert-OH is 1. The number of hydrogen-bond donors (Lipinski definition) is 2. The fourth-order valence-corrected chi connectivity index (χ4v) is 2.51. The molecule has 2 unspecified atom stereocenters. The third-order valence-electron chi connectivity index (χ3n) is 3.66. The van der Waals surface area contributed by atoms with Crippen molar-refractivity contribution in [2.45, 2.75) is 38.4 Å². The molecule has 0 spiro atoms. The second kappa shape index (κ2) is 6.22. The lowest BCUT2D eigenvalue weighted by Crippen LogP contribution is -2.31. The Hall–Kier alpha value is -1.95. The van der Waals surface area contributed by atoms with Gasteiger partial charge >= 0.3 is 5.97 Å². The van der Waals surface area contributed by atoms with Gasteiger partial charge in [-0.3, -0.25) is 0 Å². The summed E-state index contributed by atoms with van der Waals surface area (Å²) >= 11 is 0. The minimum Gasteiger partial charge on any atom is -0.504 e. The van der Waals surface area contributed by atoms with Gasteiger partial charge in [-0.2, -0.15) is 0 Å². The van der Waals surface area contributed by atoms with Gasteiger partial charge in [0, 0.05) is 12.8 Å². The number of cyclic esters (lactones) is 1. The second-order valence-corrected chi connectivity index (χ2v) is 5.02. The zero-order chi connectivity index (χ0) is 15.6. The molecule has 116 valence electrons. The number of ether oxygens (including phenoxy) is 3. The predicted molar refractivity (Wildman–Crippen MR) is 75.0 cm³/mol. The summed E-state index contributed by atoms with van der Waals surface area (Å²) in [6.07, 6.45) is 0.469. The van der Waals surface area contributed by atoms with Crippen LogP contribution in [0.5, 0.6) is 17.2 Å². The third-order valence-corrected chi connectivity index (χ3v) is 3.66. The van der Waals surface area contributed by atoms with Crippen LogP contribution in [0.2, 0.25) is 0 Å². The third kappa shape index (κ3) is 2.90. The number of aliphatic hydroxyl groups is 1. The van der Waals surface area contributed by atoms with Crippen LogP contribution in [0.3, 0.4) is 0 Å². The normalized spacial score (nSPS) is 18.7. The number of hydrogen-bond acceptors (Lipinski definition) is 6. The molecule has 0 aliphatic carbocycles. The van der Waals surface area contributed by atoms with Crippen LogP contribution in [-0.2, 0) is 11.2 Å². The number of esters is 1. The van der Waals surface area contributed by atoms with Gasteiger partial charge in [-0.25, -0.2) is 4.79 Å². The quantitative estimate of drug-likeness (QED) is 0.804. The number of fused-ring (bicyclic) bond motifs is 1. The summed E-state index contributed by atoms with van der Waals surface area (Å²) in [5.74, 6) is -0.409. The van der Waals surface area contributed by atoms with E-state index in [1.54, 1.807) is 6.07 Å². The van der Waals surface area contributed by atoms with Crippen molar-refractivity contribution in [3.63, 3.8) is 0 Å². The molecule has 0 amide bonds. The first-order valence-electron chi connectivity index (χ1n) is 6.87. The Morgan fingerprint density at radius 2 is 2.14 bits per heavy atom. The van der Waals surface area contributed by atoms with Gasteiger partial charge in [-0.05, 0) is 18.1 Å². The van der Waals surface area contributed by atoms with Crippen molar-refractivity contribution in [2.24, 2.45) is 0 Å². The van der Waals surface area contributed by atoms with Crippen molar-refractivity contribution in [2.75, 3.05) is 14.2 Å². The summed E-state index contributed by atoms with van der Waals surface area (Å²) in [6.45, 7) is 1.86. The van der Waals surface area contributed by atoms with Crippen molar-refractivity contribution >= 4 is 5.97 Å². The van der Waals surface area contributed by atoms with E-state index in [2.05, 4.69) is 0 Å². The molecule has 1 aromatic rings. The summed E-state index contributed by atoms with van der Waals surface area (Å²) in [5, 5.41) is 19.9. The lowest BCUT2D eigenvalue weighted by Gasteiger charge is -2.27. The number of carbonyl (C=O) groups excluding carboxylic acids is 1. The van der Waals surface area contributed by atoms with Gasteiger partial charge in [0.05, 0.1) is 20.3 Å². The van der Waals surface area contributed by atoms with Crippen molar-refractivity contribution in [3.8, 4) is 17.2 Å². The average Bonchev–Trinajstić information content (AvgIpc) is 2.46. The van der Waals surface area contributed by atoms with Gasteiger partial charge in [0.25, 0.3) is 0 Å². The minimum atomic E-state index is -0.608. The van der Waals surface area contributed by atoms with Crippen molar-refractivity contribution in [3.05, 3.63) is 17.2 Å². The van der Waals surface area contributed by atoms with E-state index in [-0.39, 0.29) is 17.1 Å². The molecule has 2 N–H and O–H groups in total. The summed E-state index contributed by atoms with van der Waals surface area (Å²) in [7, 11) is 2.85. The van der Waals surface area contributed by atoms with Gasteiger partial charge in [-0.1, -0.05) is 6.92 Å². The molecule has 2 rings (SSSR count). The molecule has 0 radical (unpaired) electrons. The van der Waals surface area contributed by atoms with E-state index < -0.39 is 18.2 Å². The fraction of sp³-hybridized carbons (Fsp3) is 0.533. The number of methoxy groups -OCH3 is 2. The predicted octanol–water partition coefficient (Wildman–Crippen LogP) is 1.65. The molecule has 0 bridgehead atoms. The lowest BCUT2D eigenvalue weighted by atomic mass is 9.94. The minimum absolute atomic E-state index is 0.106. The van der Waals surface area contributed by atoms with Crippen LogP contribution in [-0.4, -0.2) is 42.6 Å². The Balaban J connectivity index is 2.38. The largest absolute Gasteiger partial charge is 0.504 e. The summed E-state index contributed by atoms with van der Waals surface area (Å²) in [5.41, 5.74) is 0.740. The van der Waals surface area contributed by atoms with Gasteiger partial charge in [0.15, 0.2) is 11.5 Å². The van der Waals surface area contributed by atoms with Crippen LogP contribution in [0.15, 0.2) is 6.07 Å². The maximum absolute atomic E-state index is 12.1. The highest BCUT2D eigenvalue weighted by Crippen LogP contribution is 2.43. The maximum Gasteiger partial charge on any atom is 0.342 e. The molecular weight excluding hydrogens is 276 g/mol. The Morgan fingerprint density at radius 1 is 1.43 bits per heavy atom. The smallest absolute Gasteiger partial charge is 0.342 e. The molecule has 0 fully saturated rings. The molecule has 1 aliphatic heterocycles. The number of phenolic OH excluding ortho intramolecular Hbond substituents is 1. The summed E-state index contributed by atoms with van der Waals surface area (Å²) in [4.78, 5) is 12.1. The zero-order valence-electron chi connectivity index (χ0n) is 12.4. The molecule has 0 saturated carbocycles. The number of aromatic hydroxyl groups is 1. The number of benzene rings is 1. The molecule has 2 atom stereocenters. The molecule has 6 heteroatoms. The standard InChI is InChI=1S/C15H20O6/c1-4-9(16)7-10-5-8-6-11(19-2)14(20-3)13(17)12(8)15(18)21-10/h6,9-10,16-17H,4-5,7H2,1-3H3. The highest BCUT2D eigenvalue weighted by molar-refractivity contribution is 5.96. The van der Waals surface area contributed by atoms with Crippen LogP contribution in [0.4, 0.5) is 0 Å². The summed E-state index contributed by atoms with van der Waals surface area (Å²) < 4.78 is 15.5. The van der Waals surface area contributed by atoms with E-state index >= 15 is 0 Å². The van der Waals surface area contributed by atoms with Crippen LogP contribution in [0.25, 0.3) is 0 Å². The van der Waals surface area contributed by atoms with Crippen molar-refractivity contribution in [1.29, 1.82) is 0 Å². The lowest BCUT2D eigenvalue weighted by molar-refractivity contribution is 0.00937. The van der Waals surface area contributed by atoms with E-state index in [4.69, 9.17) is 14.2 Å². The van der Waals surface area contributed by atoms with Crippen LogP contribution in [0, 0.1) is 0 Å². The van der Waals surface area contributed by atoms with Crippen LogP contribution < -0.4 is 9.47 Å². The molecule has 6 nitrogen and oxygen atoms in total. The van der Waals surface area contributed by atoms with Gasteiger partial charge in [-0.15, -0.1) is 0 Å². The van der Waals surface area contributed by atoms with E-state index in [9.17, 15) is 15.0 Å². The topological polar surface area (TPSA) is 85.2 Å². The van der Waals surface area contributed by atoms with E-state index in [1.807, 2.05) is 6.92 Å². The number of rotatable bonds is 5. The van der Waals surface area contributed by atoms with Crippen LogP contribution in [0.1, 0.15) is 35.7 Å². The van der Waals surface area contributed by atoms with Gasteiger partial charge < -0.3 is 24.4 Å². The molecule has 1 aromatic carbocycles. The van der Waals surface area contributed by atoms with Crippen molar-refractivity contribution in [1.82, 2.24) is 0 Å². The number of phenols is 1.